The van der Waals surface area contributed by atoms with Gasteiger partial charge in [0.15, 0.2) is 0 Å². The van der Waals surface area contributed by atoms with Crippen molar-refractivity contribution < 1.29 is 0 Å². The van der Waals surface area contributed by atoms with Crippen LogP contribution in [0.3, 0.4) is 0 Å². The highest BCUT2D eigenvalue weighted by Crippen LogP contribution is 2.55. The third-order valence-corrected chi connectivity index (χ3v) is 7.74. The SMILES string of the molecule is N#Cc1ccc(-c2ccc(-c3ccc(C#N)cc3)c3c2-c2cccc4c(-c5cccc(C#N)c5)ccc-3c24)cc1.S. The van der Waals surface area contributed by atoms with Crippen LogP contribution in [0.2, 0.25) is 0 Å². The zero-order valence-electron chi connectivity index (χ0n) is 21.8. The van der Waals surface area contributed by atoms with Crippen LogP contribution in [0.4, 0.5) is 0 Å². The maximum Gasteiger partial charge on any atom is 0.0991 e. The Morgan fingerprint density at radius 1 is 0.390 bits per heavy atom. The molecule has 0 atom stereocenters. The lowest BCUT2D eigenvalue weighted by Crippen LogP contribution is -1.90. The molecule has 0 bridgehead atoms. The summed E-state index contributed by atoms with van der Waals surface area (Å²) in [7, 11) is 0. The Morgan fingerprint density at radius 2 is 0.878 bits per heavy atom. The molecule has 6 aromatic carbocycles. The number of fused-ring (bicyclic) bond motifs is 3. The standard InChI is InChI=1S/C37H19N3.H2S/c38-20-23-7-11-26(12-8-23)30-16-17-31(27-13-9-24(21-39)10-14-27)37-34-18-15-29(28-4-1-3-25(19-28)22-40)32-5-2-6-33(35(32)34)36(30)37;/h1-19H;1H2. The van der Waals surface area contributed by atoms with Gasteiger partial charge in [-0.15, -0.1) is 0 Å². The van der Waals surface area contributed by atoms with Crippen molar-refractivity contribution in [2.24, 2.45) is 0 Å². The number of rotatable bonds is 3. The number of nitrogens with zero attached hydrogens (tertiary/aromatic N) is 3. The largest absolute Gasteiger partial charge is 0.197 e. The Hall–Kier alpha value is -5.60. The summed E-state index contributed by atoms with van der Waals surface area (Å²) in [5.41, 5.74) is 13.0. The zero-order valence-corrected chi connectivity index (χ0v) is 22.8. The maximum atomic E-state index is 9.50. The first-order valence-corrected chi connectivity index (χ1v) is 13.0. The van der Waals surface area contributed by atoms with E-state index in [4.69, 9.17) is 0 Å². The Labute approximate surface area is 245 Å². The summed E-state index contributed by atoms with van der Waals surface area (Å²) in [5, 5.41) is 30.5. The molecule has 0 unspecified atom stereocenters. The summed E-state index contributed by atoms with van der Waals surface area (Å²) in [4.78, 5) is 0. The third-order valence-electron chi connectivity index (χ3n) is 7.74. The highest BCUT2D eigenvalue weighted by molar-refractivity contribution is 7.59. The minimum atomic E-state index is 0. The van der Waals surface area contributed by atoms with Gasteiger partial charge in [-0.3, -0.25) is 0 Å². The van der Waals surface area contributed by atoms with E-state index in [1.54, 1.807) is 0 Å². The first kappa shape index (κ1) is 25.7. The average Bonchev–Trinajstić information content (AvgIpc) is 3.37. The van der Waals surface area contributed by atoms with Crippen LogP contribution in [-0.4, -0.2) is 0 Å². The Bertz CT molecular complexity index is 2030. The minimum Gasteiger partial charge on any atom is -0.197 e. The summed E-state index contributed by atoms with van der Waals surface area (Å²) in [6, 6.07) is 45.0. The van der Waals surface area contributed by atoms with Crippen molar-refractivity contribution in [3.05, 3.63) is 132 Å². The Kier molecular flexibility index (Phi) is 6.37. The lowest BCUT2D eigenvalue weighted by Gasteiger charge is -2.16. The van der Waals surface area contributed by atoms with Gasteiger partial charge in [0.1, 0.15) is 0 Å². The quantitative estimate of drug-likeness (QED) is 0.225. The summed E-state index contributed by atoms with van der Waals surface area (Å²) >= 11 is 0. The minimum absolute atomic E-state index is 0. The van der Waals surface area contributed by atoms with E-state index in [9.17, 15) is 15.8 Å². The van der Waals surface area contributed by atoms with Crippen LogP contribution in [0, 0.1) is 34.0 Å². The Morgan fingerprint density at radius 3 is 1.44 bits per heavy atom. The van der Waals surface area contributed by atoms with Gasteiger partial charge in [0.25, 0.3) is 0 Å². The first-order chi connectivity index (χ1) is 19.7. The lowest BCUT2D eigenvalue weighted by atomic mass is 9.87. The molecule has 0 saturated heterocycles. The molecule has 4 heteroatoms. The zero-order chi connectivity index (χ0) is 27.2. The van der Waals surface area contributed by atoms with Gasteiger partial charge in [-0.1, -0.05) is 78.9 Å². The van der Waals surface area contributed by atoms with Gasteiger partial charge in [0.05, 0.1) is 34.9 Å². The number of benzene rings is 6. The number of nitriles is 3. The molecular weight excluding hydrogens is 518 g/mol. The monoisotopic (exact) mass is 539 g/mol. The van der Waals surface area contributed by atoms with Crippen LogP contribution in [0.15, 0.2) is 115 Å². The molecular formula is C37H21N3S. The molecule has 41 heavy (non-hydrogen) atoms. The van der Waals surface area contributed by atoms with Crippen molar-refractivity contribution in [1.82, 2.24) is 0 Å². The molecule has 0 fully saturated rings. The lowest BCUT2D eigenvalue weighted by molar-refractivity contribution is 1.48. The Balaban J connectivity index is 0.00000302. The smallest absolute Gasteiger partial charge is 0.0991 e. The fraction of sp³-hybridized carbons (Fsp3) is 0. The average molecular weight is 540 g/mol. The predicted molar refractivity (Wildman–Crippen MR) is 169 cm³/mol. The highest BCUT2D eigenvalue weighted by Gasteiger charge is 2.28. The van der Waals surface area contributed by atoms with E-state index < -0.39 is 0 Å². The fourth-order valence-electron chi connectivity index (χ4n) is 5.92. The van der Waals surface area contributed by atoms with Crippen LogP contribution in [-0.2, 0) is 0 Å². The van der Waals surface area contributed by atoms with E-state index in [2.05, 4.69) is 66.7 Å². The van der Waals surface area contributed by atoms with Crippen molar-refractivity contribution in [3.8, 4) is 73.8 Å². The van der Waals surface area contributed by atoms with E-state index in [1.807, 2.05) is 66.7 Å². The van der Waals surface area contributed by atoms with E-state index in [-0.39, 0.29) is 13.5 Å². The fourth-order valence-corrected chi connectivity index (χ4v) is 5.92. The molecule has 3 nitrogen and oxygen atoms in total. The van der Waals surface area contributed by atoms with E-state index >= 15 is 0 Å². The molecule has 0 radical (unpaired) electrons. The molecule has 0 amide bonds. The molecule has 0 N–H and O–H groups in total. The molecule has 0 heterocycles. The molecule has 0 aliphatic heterocycles. The molecule has 0 saturated carbocycles. The second-order valence-electron chi connectivity index (χ2n) is 9.87. The van der Waals surface area contributed by atoms with Crippen molar-refractivity contribution >= 4 is 24.3 Å². The molecule has 190 valence electrons. The number of hydrogen-bond acceptors (Lipinski definition) is 3. The molecule has 7 rings (SSSR count). The topological polar surface area (TPSA) is 71.4 Å². The van der Waals surface area contributed by atoms with E-state index in [0.717, 1.165) is 61.0 Å². The summed E-state index contributed by atoms with van der Waals surface area (Å²) in [5.74, 6) is 0. The molecule has 6 aromatic rings. The van der Waals surface area contributed by atoms with Crippen molar-refractivity contribution in [1.29, 1.82) is 15.8 Å². The van der Waals surface area contributed by atoms with Crippen LogP contribution in [0.5, 0.6) is 0 Å². The molecule has 0 spiro atoms. The second-order valence-corrected chi connectivity index (χ2v) is 9.87. The molecule has 1 aliphatic carbocycles. The van der Waals surface area contributed by atoms with Gasteiger partial charge in [0.2, 0.25) is 0 Å². The molecule has 1 aliphatic rings. The summed E-state index contributed by atoms with van der Waals surface area (Å²) in [6.07, 6.45) is 0. The van der Waals surface area contributed by atoms with Gasteiger partial charge in [-0.25, -0.2) is 0 Å². The van der Waals surface area contributed by atoms with Crippen LogP contribution in [0.1, 0.15) is 16.7 Å². The van der Waals surface area contributed by atoms with E-state index in [0.29, 0.717) is 16.7 Å². The van der Waals surface area contributed by atoms with Crippen molar-refractivity contribution in [2.45, 2.75) is 0 Å². The molecule has 0 aromatic heterocycles. The first-order valence-electron chi connectivity index (χ1n) is 13.0. The van der Waals surface area contributed by atoms with Gasteiger partial charge in [-0.05, 0) is 103 Å². The third kappa shape index (κ3) is 4.05. The normalized spacial score (nSPS) is 10.7. The number of hydrogen-bond donors (Lipinski definition) is 0. The van der Waals surface area contributed by atoms with Gasteiger partial charge in [-0.2, -0.15) is 29.3 Å². The second kappa shape index (κ2) is 10.2. The van der Waals surface area contributed by atoms with E-state index in [1.165, 1.54) is 5.39 Å². The summed E-state index contributed by atoms with van der Waals surface area (Å²) in [6.45, 7) is 0. The highest BCUT2D eigenvalue weighted by atomic mass is 32.1. The van der Waals surface area contributed by atoms with Gasteiger partial charge >= 0.3 is 0 Å². The van der Waals surface area contributed by atoms with Crippen LogP contribution >= 0.6 is 13.5 Å². The van der Waals surface area contributed by atoms with Crippen LogP contribution < -0.4 is 0 Å². The predicted octanol–water partition coefficient (Wildman–Crippen LogP) is 9.22. The summed E-state index contributed by atoms with van der Waals surface area (Å²) < 4.78 is 0. The van der Waals surface area contributed by atoms with Crippen molar-refractivity contribution in [3.63, 3.8) is 0 Å². The van der Waals surface area contributed by atoms with Crippen molar-refractivity contribution in [2.75, 3.05) is 0 Å². The maximum absolute atomic E-state index is 9.50. The van der Waals surface area contributed by atoms with Crippen LogP contribution in [0.25, 0.3) is 66.4 Å². The van der Waals surface area contributed by atoms with Gasteiger partial charge in [0, 0.05) is 0 Å². The van der Waals surface area contributed by atoms with Gasteiger partial charge < -0.3 is 0 Å².